The molecule has 0 aliphatic rings. The van der Waals surface area contributed by atoms with Gasteiger partial charge in [0.2, 0.25) is 0 Å². The zero-order chi connectivity index (χ0) is 11.3. The highest BCUT2D eigenvalue weighted by Crippen LogP contribution is 2.18. The highest BCUT2D eigenvalue weighted by atomic mass is 19.1. The minimum atomic E-state index is -0.518. The van der Waals surface area contributed by atoms with Gasteiger partial charge in [-0.25, -0.2) is 9.37 Å². The topological polar surface area (TPSA) is 56.6 Å². The third-order valence-corrected chi connectivity index (χ3v) is 2.17. The molecule has 1 heterocycles. The first kappa shape index (κ1) is 11.9. The molecule has 1 aromatic rings. The minimum absolute atomic E-state index is 0.0572. The van der Waals surface area contributed by atoms with Crippen molar-refractivity contribution in [2.45, 2.75) is 13.5 Å². The number of halogens is 1. The van der Waals surface area contributed by atoms with Gasteiger partial charge in [-0.1, -0.05) is 0 Å². The predicted molar refractivity (Wildman–Crippen MR) is 55.1 cm³/mol. The van der Waals surface area contributed by atoms with Crippen LogP contribution in [-0.4, -0.2) is 34.9 Å². The lowest BCUT2D eigenvalue weighted by Gasteiger charge is -2.21. The smallest absolute Gasteiger partial charge is 0.171 e. The SMILES string of the molecule is CCN(CCO)c1nccc(CO)c1F. The molecule has 1 aromatic heterocycles. The standard InChI is InChI=1S/C10H15FN2O2/c1-2-13(5-6-14)10-9(11)8(7-15)3-4-12-10/h3-4,14-15H,2,5-7H2,1H3. The zero-order valence-electron chi connectivity index (χ0n) is 8.65. The van der Waals surface area contributed by atoms with E-state index in [1.54, 1.807) is 4.90 Å². The third kappa shape index (κ3) is 2.64. The Kier molecular flexibility index (Phi) is 4.45. The summed E-state index contributed by atoms with van der Waals surface area (Å²) < 4.78 is 13.7. The maximum Gasteiger partial charge on any atom is 0.171 e. The van der Waals surface area contributed by atoms with Gasteiger partial charge in [0.15, 0.2) is 11.6 Å². The van der Waals surface area contributed by atoms with E-state index in [0.717, 1.165) is 0 Å². The molecule has 0 spiro atoms. The van der Waals surface area contributed by atoms with Crippen LogP contribution in [-0.2, 0) is 6.61 Å². The first-order valence-corrected chi connectivity index (χ1v) is 4.84. The van der Waals surface area contributed by atoms with Crippen LogP contribution >= 0.6 is 0 Å². The first-order valence-electron chi connectivity index (χ1n) is 4.84. The number of aliphatic hydroxyl groups excluding tert-OH is 2. The van der Waals surface area contributed by atoms with E-state index < -0.39 is 5.82 Å². The second-order valence-electron chi connectivity index (χ2n) is 3.07. The van der Waals surface area contributed by atoms with Crippen LogP contribution in [0, 0.1) is 5.82 Å². The second-order valence-corrected chi connectivity index (χ2v) is 3.07. The number of pyridine rings is 1. The summed E-state index contributed by atoms with van der Waals surface area (Å²) in [6.45, 7) is 2.33. The molecular weight excluding hydrogens is 199 g/mol. The largest absolute Gasteiger partial charge is 0.395 e. The summed E-state index contributed by atoms with van der Waals surface area (Å²) in [6, 6.07) is 1.44. The molecule has 0 fully saturated rings. The van der Waals surface area contributed by atoms with Gasteiger partial charge in [-0.3, -0.25) is 0 Å². The van der Waals surface area contributed by atoms with E-state index in [-0.39, 0.29) is 24.6 Å². The summed E-state index contributed by atoms with van der Waals surface area (Å²) in [5.74, 6) is -0.339. The average Bonchev–Trinajstić information content (AvgIpc) is 2.27. The van der Waals surface area contributed by atoms with E-state index in [2.05, 4.69) is 4.98 Å². The average molecular weight is 214 g/mol. The molecule has 4 nitrogen and oxygen atoms in total. The Morgan fingerprint density at radius 1 is 1.47 bits per heavy atom. The van der Waals surface area contributed by atoms with Crippen molar-refractivity contribution in [1.82, 2.24) is 4.98 Å². The quantitative estimate of drug-likeness (QED) is 0.750. The Labute approximate surface area is 88.0 Å². The van der Waals surface area contributed by atoms with Crippen molar-refractivity contribution < 1.29 is 14.6 Å². The van der Waals surface area contributed by atoms with Crippen LogP contribution in [0.2, 0.25) is 0 Å². The van der Waals surface area contributed by atoms with Gasteiger partial charge < -0.3 is 15.1 Å². The second kappa shape index (κ2) is 5.63. The third-order valence-electron chi connectivity index (χ3n) is 2.17. The van der Waals surface area contributed by atoms with Gasteiger partial charge >= 0.3 is 0 Å². The Bertz CT molecular complexity index is 320. The molecule has 0 radical (unpaired) electrons. The van der Waals surface area contributed by atoms with Gasteiger partial charge in [0.05, 0.1) is 13.2 Å². The molecule has 0 bridgehead atoms. The number of hydrogen-bond donors (Lipinski definition) is 2. The van der Waals surface area contributed by atoms with E-state index in [1.807, 2.05) is 6.92 Å². The molecule has 1 rings (SSSR count). The summed E-state index contributed by atoms with van der Waals surface area (Å²) in [7, 11) is 0. The number of hydrogen-bond acceptors (Lipinski definition) is 4. The maximum absolute atomic E-state index is 13.7. The van der Waals surface area contributed by atoms with E-state index in [4.69, 9.17) is 10.2 Å². The molecule has 0 unspecified atom stereocenters. The van der Waals surface area contributed by atoms with Gasteiger partial charge in [0.25, 0.3) is 0 Å². The molecule has 0 amide bonds. The van der Waals surface area contributed by atoms with Crippen LogP contribution in [0.1, 0.15) is 12.5 Å². The molecule has 5 heteroatoms. The number of aliphatic hydroxyl groups is 2. The number of anilines is 1. The van der Waals surface area contributed by atoms with Crippen LogP contribution in [0.4, 0.5) is 10.2 Å². The highest BCUT2D eigenvalue weighted by molar-refractivity contribution is 5.42. The van der Waals surface area contributed by atoms with Crippen molar-refractivity contribution in [2.75, 3.05) is 24.6 Å². The van der Waals surface area contributed by atoms with E-state index in [1.165, 1.54) is 12.3 Å². The highest BCUT2D eigenvalue weighted by Gasteiger charge is 2.13. The molecule has 2 N–H and O–H groups in total. The number of nitrogens with zero attached hydrogens (tertiary/aromatic N) is 2. The summed E-state index contributed by atoms with van der Waals surface area (Å²) in [4.78, 5) is 5.52. The van der Waals surface area contributed by atoms with E-state index in [9.17, 15) is 4.39 Å². The first-order chi connectivity index (χ1) is 7.24. The van der Waals surface area contributed by atoms with Gasteiger partial charge in [-0.2, -0.15) is 0 Å². The van der Waals surface area contributed by atoms with Gasteiger partial charge in [0, 0.05) is 24.8 Å². The summed E-state index contributed by atoms with van der Waals surface area (Å²) >= 11 is 0. The Morgan fingerprint density at radius 3 is 2.73 bits per heavy atom. The molecule has 0 atom stereocenters. The van der Waals surface area contributed by atoms with Crippen molar-refractivity contribution in [1.29, 1.82) is 0 Å². The Balaban J connectivity index is 3.01. The number of likely N-dealkylation sites (N-methyl/N-ethyl adjacent to an activating group) is 1. The van der Waals surface area contributed by atoms with Crippen LogP contribution in [0.5, 0.6) is 0 Å². The predicted octanol–water partition coefficient (Wildman–Crippen LogP) is 0.532. The molecule has 15 heavy (non-hydrogen) atoms. The summed E-state index contributed by atoms with van der Waals surface area (Å²) in [5, 5.41) is 17.7. The molecule has 0 aromatic carbocycles. The van der Waals surface area contributed by atoms with Gasteiger partial charge in [0.1, 0.15) is 0 Å². The van der Waals surface area contributed by atoms with E-state index in [0.29, 0.717) is 13.1 Å². The minimum Gasteiger partial charge on any atom is -0.395 e. The molecule has 0 aliphatic heterocycles. The number of aromatic nitrogens is 1. The lowest BCUT2D eigenvalue weighted by Crippen LogP contribution is -2.28. The fourth-order valence-corrected chi connectivity index (χ4v) is 1.35. The van der Waals surface area contributed by atoms with Crippen LogP contribution < -0.4 is 4.90 Å². The monoisotopic (exact) mass is 214 g/mol. The molecule has 0 saturated carbocycles. The lowest BCUT2D eigenvalue weighted by molar-refractivity contribution is 0.275. The van der Waals surface area contributed by atoms with Crippen LogP contribution in [0.3, 0.4) is 0 Å². The zero-order valence-corrected chi connectivity index (χ0v) is 8.65. The van der Waals surface area contributed by atoms with Crippen LogP contribution in [0.25, 0.3) is 0 Å². The normalized spacial score (nSPS) is 10.4. The maximum atomic E-state index is 13.7. The van der Waals surface area contributed by atoms with Crippen molar-refractivity contribution in [3.63, 3.8) is 0 Å². The molecule has 84 valence electrons. The van der Waals surface area contributed by atoms with Crippen LogP contribution in [0.15, 0.2) is 12.3 Å². The number of rotatable bonds is 5. The van der Waals surface area contributed by atoms with E-state index >= 15 is 0 Å². The Hall–Kier alpha value is -1.20. The van der Waals surface area contributed by atoms with Gasteiger partial charge in [-0.15, -0.1) is 0 Å². The van der Waals surface area contributed by atoms with Crippen molar-refractivity contribution in [3.05, 3.63) is 23.6 Å². The molecule has 0 aliphatic carbocycles. The van der Waals surface area contributed by atoms with Crippen molar-refractivity contribution >= 4 is 5.82 Å². The summed E-state index contributed by atoms with van der Waals surface area (Å²) in [6.07, 6.45) is 1.45. The fourth-order valence-electron chi connectivity index (χ4n) is 1.35. The fraction of sp³-hybridized carbons (Fsp3) is 0.500. The molecule has 0 saturated heterocycles. The lowest BCUT2D eigenvalue weighted by atomic mass is 10.2. The van der Waals surface area contributed by atoms with Gasteiger partial charge in [-0.05, 0) is 13.0 Å². The van der Waals surface area contributed by atoms with Crippen molar-refractivity contribution in [3.8, 4) is 0 Å². The molecular formula is C10H15FN2O2. The van der Waals surface area contributed by atoms with Crippen molar-refractivity contribution in [2.24, 2.45) is 0 Å². The summed E-state index contributed by atoms with van der Waals surface area (Å²) in [5.41, 5.74) is 0.219. The Morgan fingerprint density at radius 2 is 2.20 bits per heavy atom.